The first-order valence-electron chi connectivity index (χ1n) is 6.59. The summed E-state index contributed by atoms with van der Waals surface area (Å²) in [4.78, 5) is 0. The van der Waals surface area contributed by atoms with Gasteiger partial charge in [-0.05, 0) is 41.5 Å². The quantitative estimate of drug-likeness (QED) is 0.332. The first-order chi connectivity index (χ1) is 10.2. The molecule has 0 bridgehead atoms. The topological polar surface area (TPSA) is 0 Å². The van der Waals surface area contributed by atoms with Crippen LogP contribution in [0.5, 0.6) is 0 Å². The van der Waals surface area contributed by atoms with E-state index < -0.39 is 0 Å². The van der Waals surface area contributed by atoms with E-state index in [-0.39, 0.29) is 0 Å². The summed E-state index contributed by atoms with van der Waals surface area (Å²) in [5, 5.41) is 3.38. The molecule has 3 heteroatoms. The van der Waals surface area contributed by atoms with Gasteiger partial charge in [0.25, 0.3) is 0 Å². The molecule has 0 unspecified atom stereocenters. The highest BCUT2D eigenvalue weighted by Gasteiger charge is 2.12. The fourth-order valence-corrected chi connectivity index (χ4v) is 4.40. The van der Waals surface area contributed by atoms with Gasteiger partial charge in [0.05, 0.1) is 0 Å². The van der Waals surface area contributed by atoms with Gasteiger partial charge in [-0.25, -0.2) is 0 Å². The molecule has 1 aromatic heterocycles. The molecule has 0 aliphatic carbocycles. The number of fused-ring (bicyclic) bond motifs is 3. The normalized spacial score (nSPS) is 11.3. The zero-order valence-corrected chi connectivity index (χ0v) is 14.1. The van der Waals surface area contributed by atoms with Crippen molar-refractivity contribution in [3.63, 3.8) is 0 Å². The average molecular weight is 374 g/mol. The van der Waals surface area contributed by atoms with Gasteiger partial charge in [-0.2, -0.15) is 0 Å². The van der Waals surface area contributed by atoms with Crippen LogP contribution in [0.4, 0.5) is 0 Å². The minimum atomic E-state index is 0.784. The summed E-state index contributed by atoms with van der Waals surface area (Å²) in [5.74, 6) is 0. The number of benzene rings is 3. The number of rotatable bonds is 1. The van der Waals surface area contributed by atoms with Crippen molar-refractivity contribution < 1.29 is 0 Å². The maximum Gasteiger partial charge on any atom is 0.0426 e. The number of hydrogen-bond acceptors (Lipinski definition) is 1. The van der Waals surface area contributed by atoms with Gasteiger partial charge in [0.15, 0.2) is 0 Å². The van der Waals surface area contributed by atoms with Crippen LogP contribution in [0.25, 0.3) is 31.3 Å². The fraction of sp³-hybridized carbons (Fsp3) is 0. The van der Waals surface area contributed by atoms with Crippen LogP contribution in [0, 0.1) is 0 Å². The molecule has 0 saturated heterocycles. The lowest BCUT2D eigenvalue weighted by atomic mass is 9.99. The molecular weight excluding hydrogens is 364 g/mol. The van der Waals surface area contributed by atoms with Gasteiger partial charge in [0.1, 0.15) is 0 Å². The zero-order chi connectivity index (χ0) is 14.4. The number of halogens is 2. The predicted octanol–water partition coefficient (Wildman–Crippen LogP) is 7.14. The molecule has 102 valence electrons. The molecule has 0 aliphatic heterocycles. The van der Waals surface area contributed by atoms with Crippen molar-refractivity contribution >= 4 is 59.0 Å². The predicted molar refractivity (Wildman–Crippen MR) is 97.5 cm³/mol. The molecule has 0 fully saturated rings. The van der Waals surface area contributed by atoms with Crippen LogP contribution in [0.2, 0.25) is 5.02 Å². The molecule has 0 aliphatic rings. The third kappa shape index (κ3) is 2.28. The Balaban J connectivity index is 2.13. The van der Waals surface area contributed by atoms with Gasteiger partial charge in [0.2, 0.25) is 0 Å². The van der Waals surface area contributed by atoms with Crippen molar-refractivity contribution in [1.29, 1.82) is 0 Å². The van der Waals surface area contributed by atoms with E-state index in [9.17, 15) is 0 Å². The van der Waals surface area contributed by atoms with Crippen molar-refractivity contribution in [2.45, 2.75) is 0 Å². The highest BCUT2D eigenvalue weighted by atomic mass is 79.9. The minimum absolute atomic E-state index is 0.784. The van der Waals surface area contributed by atoms with Gasteiger partial charge in [-0.15, -0.1) is 11.3 Å². The van der Waals surface area contributed by atoms with E-state index >= 15 is 0 Å². The molecule has 0 radical (unpaired) electrons. The zero-order valence-electron chi connectivity index (χ0n) is 10.9. The van der Waals surface area contributed by atoms with E-state index in [2.05, 4.69) is 76.6 Å². The highest BCUT2D eigenvalue weighted by Crippen LogP contribution is 2.41. The average Bonchev–Trinajstić information content (AvgIpc) is 2.85. The van der Waals surface area contributed by atoms with Crippen LogP contribution in [-0.4, -0.2) is 0 Å². The number of hydrogen-bond donors (Lipinski definition) is 0. The molecule has 4 rings (SSSR count). The van der Waals surface area contributed by atoms with Crippen molar-refractivity contribution in [2.75, 3.05) is 0 Å². The Kier molecular flexibility index (Phi) is 3.26. The summed E-state index contributed by atoms with van der Waals surface area (Å²) in [5.41, 5.74) is 2.39. The lowest BCUT2D eigenvalue weighted by Gasteiger charge is -2.06. The van der Waals surface area contributed by atoms with E-state index in [0.717, 1.165) is 9.50 Å². The largest absolute Gasteiger partial charge is 0.135 e. The first-order valence-corrected chi connectivity index (χ1v) is 8.58. The van der Waals surface area contributed by atoms with E-state index in [1.165, 1.54) is 31.3 Å². The van der Waals surface area contributed by atoms with Crippen molar-refractivity contribution in [3.05, 3.63) is 70.2 Å². The van der Waals surface area contributed by atoms with Gasteiger partial charge in [0, 0.05) is 29.7 Å². The second-order valence-corrected chi connectivity index (χ2v) is 7.37. The summed E-state index contributed by atoms with van der Waals surface area (Å²) >= 11 is 11.6. The van der Waals surface area contributed by atoms with Gasteiger partial charge in [-0.1, -0.05) is 57.9 Å². The van der Waals surface area contributed by atoms with Crippen molar-refractivity contribution in [1.82, 2.24) is 0 Å². The SMILES string of the molecule is Clc1cc(-c2ccc(Br)cc2)c2c(c1)sc1ccccc12. The van der Waals surface area contributed by atoms with Crippen LogP contribution >= 0.6 is 38.9 Å². The van der Waals surface area contributed by atoms with Crippen molar-refractivity contribution in [3.8, 4) is 11.1 Å². The molecule has 0 atom stereocenters. The Morgan fingerprint density at radius 2 is 1.62 bits per heavy atom. The lowest BCUT2D eigenvalue weighted by Crippen LogP contribution is -1.80. The smallest absolute Gasteiger partial charge is 0.0426 e. The summed E-state index contributed by atoms with van der Waals surface area (Å²) < 4.78 is 3.62. The van der Waals surface area contributed by atoms with E-state index in [0.29, 0.717) is 0 Å². The molecule has 0 N–H and O–H groups in total. The Labute approximate surface area is 140 Å². The molecule has 0 nitrogen and oxygen atoms in total. The Morgan fingerprint density at radius 1 is 0.857 bits per heavy atom. The molecule has 0 spiro atoms. The molecular formula is C18H10BrClS. The summed E-state index contributed by atoms with van der Waals surface area (Å²) in [6, 6.07) is 21.0. The Morgan fingerprint density at radius 3 is 2.43 bits per heavy atom. The Bertz CT molecular complexity index is 954. The standard InChI is InChI=1S/C18H10BrClS/c19-12-7-5-11(6-8-12)15-9-13(20)10-17-18(15)14-3-1-2-4-16(14)21-17/h1-10H. The maximum absolute atomic E-state index is 6.33. The molecule has 4 aromatic rings. The molecule has 3 aromatic carbocycles. The van der Waals surface area contributed by atoms with E-state index in [4.69, 9.17) is 11.6 Å². The summed E-state index contributed by atoms with van der Waals surface area (Å²) in [6.45, 7) is 0. The maximum atomic E-state index is 6.33. The molecule has 1 heterocycles. The van der Waals surface area contributed by atoms with Crippen LogP contribution in [0.1, 0.15) is 0 Å². The molecule has 0 amide bonds. The lowest BCUT2D eigenvalue weighted by molar-refractivity contribution is 1.63. The third-order valence-electron chi connectivity index (χ3n) is 3.60. The van der Waals surface area contributed by atoms with Crippen LogP contribution in [0.3, 0.4) is 0 Å². The fourth-order valence-electron chi connectivity index (χ4n) is 2.68. The van der Waals surface area contributed by atoms with E-state index in [1.54, 1.807) is 11.3 Å². The minimum Gasteiger partial charge on any atom is -0.135 e. The summed E-state index contributed by atoms with van der Waals surface area (Å²) in [7, 11) is 0. The first kappa shape index (κ1) is 13.3. The summed E-state index contributed by atoms with van der Waals surface area (Å²) in [6.07, 6.45) is 0. The molecule has 0 saturated carbocycles. The van der Waals surface area contributed by atoms with E-state index in [1.807, 2.05) is 0 Å². The van der Waals surface area contributed by atoms with Crippen LogP contribution in [-0.2, 0) is 0 Å². The van der Waals surface area contributed by atoms with Gasteiger partial charge in [-0.3, -0.25) is 0 Å². The van der Waals surface area contributed by atoms with Gasteiger partial charge < -0.3 is 0 Å². The Hall–Kier alpha value is -1.35. The monoisotopic (exact) mass is 372 g/mol. The second kappa shape index (κ2) is 5.13. The van der Waals surface area contributed by atoms with Crippen molar-refractivity contribution in [2.24, 2.45) is 0 Å². The highest BCUT2D eigenvalue weighted by molar-refractivity contribution is 9.10. The number of thiophene rings is 1. The second-order valence-electron chi connectivity index (χ2n) is 4.93. The van der Waals surface area contributed by atoms with Crippen LogP contribution in [0.15, 0.2) is 65.1 Å². The molecule has 21 heavy (non-hydrogen) atoms. The van der Waals surface area contributed by atoms with Gasteiger partial charge >= 0.3 is 0 Å². The van der Waals surface area contributed by atoms with Crippen LogP contribution < -0.4 is 0 Å². The third-order valence-corrected chi connectivity index (χ3v) is 5.46.